The minimum absolute atomic E-state index is 0.116. The van der Waals surface area contributed by atoms with Crippen molar-refractivity contribution in [3.8, 4) is 0 Å². The smallest absolute Gasteiger partial charge is 0.213 e. The van der Waals surface area contributed by atoms with E-state index in [2.05, 4.69) is 20.0 Å². The fourth-order valence-electron chi connectivity index (χ4n) is 0.728. The number of sulfone groups is 1. The third kappa shape index (κ3) is 4.58. The Labute approximate surface area is 76.3 Å². The summed E-state index contributed by atoms with van der Waals surface area (Å²) in [5.74, 6) is 0.638. The fourth-order valence-corrected chi connectivity index (χ4v) is 1.24. The number of nitrogens with zero attached hydrogens (tertiary/aromatic N) is 2. The molecule has 1 rings (SSSR count). The Hall–Kier alpha value is -0.950. The molecule has 0 radical (unpaired) electrons. The molecule has 0 unspecified atom stereocenters. The molecular weight excluding hydrogens is 194 g/mol. The second-order valence-corrected chi connectivity index (χ2v) is 4.91. The van der Waals surface area contributed by atoms with E-state index >= 15 is 0 Å². The van der Waals surface area contributed by atoms with Gasteiger partial charge in [0.2, 0.25) is 6.39 Å². The molecule has 1 aromatic heterocycles. The van der Waals surface area contributed by atoms with Crippen LogP contribution in [-0.4, -0.2) is 37.1 Å². The first-order valence-corrected chi connectivity index (χ1v) is 5.78. The molecule has 0 aliphatic rings. The minimum atomic E-state index is -2.89. The molecule has 0 fully saturated rings. The van der Waals surface area contributed by atoms with Crippen molar-refractivity contribution in [2.75, 3.05) is 18.6 Å². The van der Waals surface area contributed by atoms with Crippen LogP contribution in [0.2, 0.25) is 0 Å². The molecule has 0 aliphatic carbocycles. The minimum Gasteiger partial charge on any atom is -0.343 e. The van der Waals surface area contributed by atoms with E-state index in [9.17, 15) is 8.42 Å². The summed E-state index contributed by atoms with van der Waals surface area (Å²) in [7, 11) is -2.89. The highest BCUT2D eigenvalue weighted by Crippen LogP contribution is 1.86. The van der Waals surface area contributed by atoms with Gasteiger partial charge in [-0.25, -0.2) is 8.42 Å². The van der Waals surface area contributed by atoms with Crippen LogP contribution in [0, 0.1) is 0 Å². The fraction of sp³-hybridized carbons (Fsp3) is 0.667. The van der Waals surface area contributed by atoms with Gasteiger partial charge in [-0.05, 0) is 0 Å². The molecule has 1 heterocycles. The highest BCUT2D eigenvalue weighted by molar-refractivity contribution is 7.90. The Balaban J connectivity index is 2.16. The zero-order chi connectivity index (χ0) is 9.73. The number of nitrogens with one attached hydrogen (secondary N) is 1. The van der Waals surface area contributed by atoms with Crippen LogP contribution < -0.4 is 5.32 Å². The van der Waals surface area contributed by atoms with Gasteiger partial charge in [0.1, 0.15) is 9.84 Å². The van der Waals surface area contributed by atoms with Gasteiger partial charge in [-0.1, -0.05) is 5.16 Å². The Morgan fingerprint density at radius 1 is 1.62 bits per heavy atom. The maximum atomic E-state index is 10.7. The van der Waals surface area contributed by atoms with Crippen molar-refractivity contribution in [3.63, 3.8) is 0 Å². The third-order valence-corrected chi connectivity index (χ3v) is 2.29. The van der Waals surface area contributed by atoms with Gasteiger partial charge in [-0.2, -0.15) is 4.98 Å². The van der Waals surface area contributed by atoms with Gasteiger partial charge < -0.3 is 9.84 Å². The number of hydrogen-bond donors (Lipinski definition) is 1. The van der Waals surface area contributed by atoms with Gasteiger partial charge in [0.25, 0.3) is 0 Å². The molecule has 13 heavy (non-hydrogen) atoms. The summed E-state index contributed by atoms with van der Waals surface area (Å²) in [6, 6.07) is 0. The summed E-state index contributed by atoms with van der Waals surface area (Å²) in [6.45, 7) is 0.819. The molecule has 0 bridgehead atoms. The Kier molecular flexibility index (Phi) is 3.38. The van der Waals surface area contributed by atoms with E-state index in [0.717, 1.165) is 0 Å². The van der Waals surface area contributed by atoms with Gasteiger partial charge in [0.05, 0.1) is 12.3 Å². The standard InChI is InChI=1S/C6H11N3O3S/c1-13(10,11)3-2-7-4-6-8-5-12-9-6/h5,7H,2-4H2,1H3. The van der Waals surface area contributed by atoms with E-state index in [4.69, 9.17) is 0 Å². The van der Waals surface area contributed by atoms with Gasteiger partial charge in [0, 0.05) is 12.8 Å². The van der Waals surface area contributed by atoms with Crippen LogP contribution in [0.3, 0.4) is 0 Å². The van der Waals surface area contributed by atoms with Crippen molar-refractivity contribution >= 4 is 9.84 Å². The Morgan fingerprint density at radius 2 is 2.38 bits per heavy atom. The molecule has 0 aromatic carbocycles. The lowest BCUT2D eigenvalue weighted by Gasteiger charge is -1.99. The van der Waals surface area contributed by atoms with E-state index in [0.29, 0.717) is 18.9 Å². The van der Waals surface area contributed by atoms with Crippen LogP contribution >= 0.6 is 0 Å². The van der Waals surface area contributed by atoms with E-state index in [1.807, 2.05) is 0 Å². The highest BCUT2D eigenvalue weighted by atomic mass is 32.2. The predicted octanol–water partition coefficient (Wildman–Crippen LogP) is -0.796. The lowest BCUT2D eigenvalue weighted by Crippen LogP contribution is -2.22. The first-order chi connectivity index (χ1) is 6.08. The van der Waals surface area contributed by atoms with Crippen LogP contribution in [-0.2, 0) is 16.4 Å². The number of aromatic nitrogens is 2. The molecule has 7 heteroatoms. The predicted molar refractivity (Wildman–Crippen MR) is 45.7 cm³/mol. The third-order valence-electron chi connectivity index (χ3n) is 1.34. The molecule has 1 N–H and O–H groups in total. The molecule has 1 aromatic rings. The maximum Gasteiger partial charge on any atom is 0.213 e. The van der Waals surface area contributed by atoms with Crippen LogP contribution in [0.5, 0.6) is 0 Å². The summed E-state index contributed by atoms with van der Waals surface area (Å²) < 4.78 is 25.9. The number of rotatable bonds is 5. The van der Waals surface area contributed by atoms with Gasteiger partial charge in [0.15, 0.2) is 5.82 Å². The largest absolute Gasteiger partial charge is 0.343 e. The first kappa shape index (κ1) is 10.1. The molecule has 74 valence electrons. The SMILES string of the molecule is CS(=O)(=O)CCNCc1ncon1. The molecular formula is C6H11N3O3S. The van der Waals surface area contributed by atoms with Crippen molar-refractivity contribution in [1.82, 2.24) is 15.5 Å². The molecule has 0 amide bonds. The lowest BCUT2D eigenvalue weighted by atomic mass is 10.6. The van der Waals surface area contributed by atoms with E-state index < -0.39 is 9.84 Å². The van der Waals surface area contributed by atoms with Crippen LogP contribution in [0.15, 0.2) is 10.9 Å². The second-order valence-electron chi connectivity index (χ2n) is 2.65. The van der Waals surface area contributed by atoms with Crippen molar-refractivity contribution in [1.29, 1.82) is 0 Å². The second kappa shape index (κ2) is 4.33. The Bertz CT molecular complexity index is 332. The normalized spacial score (nSPS) is 11.8. The molecule has 0 spiro atoms. The summed E-state index contributed by atoms with van der Waals surface area (Å²) in [6.07, 6.45) is 2.43. The zero-order valence-corrected chi connectivity index (χ0v) is 8.04. The van der Waals surface area contributed by atoms with Crippen molar-refractivity contribution in [3.05, 3.63) is 12.2 Å². The van der Waals surface area contributed by atoms with Crippen molar-refractivity contribution in [2.24, 2.45) is 0 Å². The molecule has 0 saturated carbocycles. The molecule has 6 nitrogen and oxygen atoms in total. The van der Waals surface area contributed by atoms with Crippen molar-refractivity contribution < 1.29 is 12.9 Å². The quantitative estimate of drug-likeness (QED) is 0.634. The molecule has 0 aliphatic heterocycles. The first-order valence-electron chi connectivity index (χ1n) is 3.71. The lowest BCUT2D eigenvalue weighted by molar-refractivity contribution is 0.407. The Morgan fingerprint density at radius 3 is 2.92 bits per heavy atom. The van der Waals surface area contributed by atoms with E-state index in [1.165, 1.54) is 12.6 Å². The topological polar surface area (TPSA) is 85.1 Å². The van der Waals surface area contributed by atoms with Crippen LogP contribution in [0.25, 0.3) is 0 Å². The molecule has 0 saturated heterocycles. The van der Waals surface area contributed by atoms with Crippen LogP contribution in [0.1, 0.15) is 5.82 Å². The zero-order valence-electron chi connectivity index (χ0n) is 7.23. The van der Waals surface area contributed by atoms with Gasteiger partial charge >= 0.3 is 0 Å². The summed E-state index contributed by atoms with van der Waals surface area (Å²) in [5.41, 5.74) is 0. The van der Waals surface area contributed by atoms with E-state index in [-0.39, 0.29) is 5.75 Å². The summed E-state index contributed by atoms with van der Waals surface area (Å²) in [4.78, 5) is 3.76. The monoisotopic (exact) mass is 205 g/mol. The van der Waals surface area contributed by atoms with Gasteiger partial charge in [-0.3, -0.25) is 0 Å². The van der Waals surface area contributed by atoms with E-state index in [1.54, 1.807) is 0 Å². The number of hydrogen-bond acceptors (Lipinski definition) is 6. The average molecular weight is 205 g/mol. The van der Waals surface area contributed by atoms with Gasteiger partial charge in [-0.15, -0.1) is 0 Å². The van der Waals surface area contributed by atoms with Crippen molar-refractivity contribution in [2.45, 2.75) is 6.54 Å². The summed E-state index contributed by atoms with van der Waals surface area (Å²) >= 11 is 0. The average Bonchev–Trinajstić information content (AvgIpc) is 2.48. The highest BCUT2D eigenvalue weighted by Gasteiger charge is 2.01. The summed E-state index contributed by atoms with van der Waals surface area (Å²) in [5, 5.41) is 6.43. The van der Waals surface area contributed by atoms with Crippen LogP contribution in [0.4, 0.5) is 0 Å². The maximum absolute atomic E-state index is 10.7. The molecule has 0 atom stereocenters.